The second-order valence-corrected chi connectivity index (χ2v) is 5.52. The van der Waals surface area contributed by atoms with E-state index < -0.39 is 66.4 Å². The van der Waals surface area contributed by atoms with Crippen LogP contribution in [0, 0.1) is 5.92 Å². The van der Waals surface area contributed by atoms with Gasteiger partial charge in [0.15, 0.2) is 0 Å². The Hall–Kier alpha value is -2.16. The van der Waals surface area contributed by atoms with E-state index in [4.69, 9.17) is 0 Å². The van der Waals surface area contributed by atoms with Gasteiger partial charge in [0.2, 0.25) is 0 Å². The molecule has 0 bridgehead atoms. The van der Waals surface area contributed by atoms with Crippen molar-refractivity contribution >= 4 is 11.9 Å². The minimum Gasteiger partial charge on any atom is -0.440 e. The summed E-state index contributed by atoms with van der Waals surface area (Å²) in [5, 5.41) is 0. The van der Waals surface area contributed by atoms with Crippen molar-refractivity contribution < 1.29 is 71.7 Å². The molecule has 170 valence electrons. The largest absolute Gasteiger partial charge is 0.440 e. The molecule has 0 fully saturated rings. The average molecular weight is 458 g/mol. The van der Waals surface area contributed by atoms with Gasteiger partial charge in [-0.15, -0.1) is 0 Å². The van der Waals surface area contributed by atoms with Crippen LogP contribution in [0.5, 0.6) is 0 Å². The number of rotatable bonds is 5. The van der Waals surface area contributed by atoms with Crippen molar-refractivity contribution in [3.05, 3.63) is 11.6 Å². The molecule has 0 amide bonds. The van der Waals surface area contributed by atoms with Crippen molar-refractivity contribution in [1.82, 2.24) is 0 Å². The van der Waals surface area contributed by atoms with Crippen LogP contribution in [0.1, 0.15) is 13.8 Å². The van der Waals surface area contributed by atoms with Gasteiger partial charge in [0.1, 0.15) is 0 Å². The van der Waals surface area contributed by atoms with E-state index in [2.05, 4.69) is 9.47 Å². The fourth-order valence-corrected chi connectivity index (χ4v) is 1.55. The van der Waals surface area contributed by atoms with Gasteiger partial charge in [0.25, 0.3) is 12.2 Å². The monoisotopic (exact) mass is 458 g/mol. The predicted molar refractivity (Wildman–Crippen MR) is 66.9 cm³/mol. The van der Waals surface area contributed by atoms with E-state index in [0.717, 1.165) is 13.8 Å². The zero-order chi connectivity index (χ0) is 23.6. The molecule has 0 saturated heterocycles. The van der Waals surface area contributed by atoms with Crippen molar-refractivity contribution in [3.8, 4) is 0 Å². The highest BCUT2D eigenvalue weighted by atomic mass is 19.4. The molecule has 29 heavy (non-hydrogen) atoms. The van der Waals surface area contributed by atoms with Gasteiger partial charge in [-0.3, -0.25) is 0 Å². The van der Waals surface area contributed by atoms with Crippen LogP contribution in [-0.4, -0.2) is 48.9 Å². The number of hydrogen-bond acceptors (Lipinski definition) is 4. The fourth-order valence-electron chi connectivity index (χ4n) is 1.55. The summed E-state index contributed by atoms with van der Waals surface area (Å²) in [6.07, 6.45) is -34.3. The van der Waals surface area contributed by atoms with Crippen LogP contribution in [0.4, 0.5) is 52.7 Å². The number of hydrogen-bond donors (Lipinski definition) is 0. The van der Waals surface area contributed by atoms with Crippen molar-refractivity contribution in [1.29, 1.82) is 0 Å². The molecule has 4 nitrogen and oxygen atoms in total. The van der Waals surface area contributed by atoms with Crippen molar-refractivity contribution in [2.75, 3.05) is 0 Å². The Kier molecular flexibility index (Phi) is 8.04. The second kappa shape index (κ2) is 8.69. The molecule has 0 saturated carbocycles. The number of ether oxygens (including phenoxy) is 2. The zero-order valence-corrected chi connectivity index (χ0v) is 14.0. The Morgan fingerprint density at radius 3 is 1.24 bits per heavy atom. The number of alkyl halides is 12. The molecule has 0 aromatic rings. The number of carbonyl (C=O) groups is 2. The fraction of sp³-hybridized carbons (Fsp3) is 0.692. The highest BCUT2D eigenvalue weighted by molar-refractivity contribution is 5.96. The quantitative estimate of drug-likeness (QED) is 0.342. The Morgan fingerprint density at radius 2 is 0.966 bits per heavy atom. The summed E-state index contributed by atoms with van der Waals surface area (Å²) in [5.74, 6) is -6.40. The average Bonchev–Trinajstić information content (AvgIpc) is 2.42. The maximum Gasteiger partial charge on any atom is 0.434 e. The Labute approximate surface area is 153 Å². The Bertz CT molecular complexity index is 596. The molecule has 0 aromatic carbocycles. The summed E-state index contributed by atoms with van der Waals surface area (Å²) < 4.78 is 154. The molecule has 0 aliphatic heterocycles. The standard InChI is InChI=1S/C13H10F12O4/c1-4(2)5(7(27)29-9(12(20,21)22)13(23,24)25)3-6(26)28-8(10(14,15)16)11(17,18)19/h3-4,8-9H,1-2H3/b5-3+. The molecule has 0 aliphatic rings. The first-order chi connectivity index (χ1) is 12.6. The molecular weight excluding hydrogens is 448 g/mol. The molecule has 0 radical (unpaired) electrons. The first kappa shape index (κ1) is 26.8. The van der Waals surface area contributed by atoms with Gasteiger partial charge < -0.3 is 9.47 Å². The van der Waals surface area contributed by atoms with E-state index >= 15 is 0 Å². The van der Waals surface area contributed by atoms with Crippen LogP contribution >= 0.6 is 0 Å². The van der Waals surface area contributed by atoms with Crippen LogP contribution in [0.3, 0.4) is 0 Å². The third-order valence-electron chi connectivity index (χ3n) is 2.78. The highest BCUT2D eigenvalue weighted by Gasteiger charge is 2.61. The lowest BCUT2D eigenvalue weighted by molar-refractivity contribution is -0.313. The molecule has 0 rings (SSSR count). The van der Waals surface area contributed by atoms with Crippen molar-refractivity contribution in [3.63, 3.8) is 0 Å². The van der Waals surface area contributed by atoms with Gasteiger partial charge in [0.05, 0.1) is 0 Å². The molecule has 0 aliphatic carbocycles. The maximum atomic E-state index is 12.4. The summed E-state index contributed by atoms with van der Waals surface area (Å²) in [7, 11) is 0. The maximum absolute atomic E-state index is 12.4. The lowest BCUT2D eigenvalue weighted by Crippen LogP contribution is -2.46. The Morgan fingerprint density at radius 1 is 0.655 bits per heavy atom. The smallest absolute Gasteiger partial charge is 0.434 e. The lowest BCUT2D eigenvalue weighted by atomic mass is 10.0. The second-order valence-electron chi connectivity index (χ2n) is 5.52. The highest BCUT2D eigenvalue weighted by Crippen LogP contribution is 2.37. The number of carbonyl (C=O) groups excluding carboxylic acids is 2. The van der Waals surface area contributed by atoms with Gasteiger partial charge in [-0.2, -0.15) is 52.7 Å². The van der Waals surface area contributed by atoms with Crippen LogP contribution in [0.25, 0.3) is 0 Å². The normalized spacial score (nSPS) is 14.6. The summed E-state index contributed by atoms with van der Waals surface area (Å²) in [6, 6.07) is 0. The molecular formula is C13H10F12O4. The third kappa shape index (κ3) is 8.39. The SMILES string of the molecule is CC(C)/C(=C\C(=O)OC(C(F)(F)F)C(F)(F)F)C(=O)OC(C(F)(F)F)C(F)(F)F. The molecule has 16 heteroatoms. The van der Waals surface area contributed by atoms with E-state index in [-0.39, 0.29) is 0 Å². The first-order valence-electron chi connectivity index (χ1n) is 6.98. The van der Waals surface area contributed by atoms with E-state index in [9.17, 15) is 62.3 Å². The zero-order valence-electron chi connectivity index (χ0n) is 14.0. The lowest BCUT2D eigenvalue weighted by Gasteiger charge is -2.24. The van der Waals surface area contributed by atoms with E-state index in [1.807, 2.05) is 0 Å². The van der Waals surface area contributed by atoms with Crippen LogP contribution < -0.4 is 0 Å². The Balaban J connectivity index is 5.78. The van der Waals surface area contributed by atoms with E-state index in [1.165, 1.54) is 0 Å². The predicted octanol–water partition coefficient (Wildman–Crippen LogP) is 4.64. The number of esters is 2. The summed E-state index contributed by atoms with van der Waals surface area (Å²) in [5.41, 5.74) is -1.39. The summed E-state index contributed by atoms with van der Waals surface area (Å²) in [4.78, 5) is 22.9. The summed E-state index contributed by atoms with van der Waals surface area (Å²) >= 11 is 0. The number of halogens is 12. The van der Waals surface area contributed by atoms with Gasteiger partial charge in [-0.05, 0) is 5.92 Å². The van der Waals surface area contributed by atoms with Crippen molar-refractivity contribution in [2.24, 2.45) is 5.92 Å². The van der Waals surface area contributed by atoms with Crippen molar-refractivity contribution in [2.45, 2.75) is 50.8 Å². The van der Waals surface area contributed by atoms with Gasteiger partial charge in [-0.25, -0.2) is 9.59 Å². The molecule has 0 unspecified atom stereocenters. The third-order valence-corrected chi connectivity index (χ3v) is 2.78. The molecule has 0 atom stereocenters. The van der Waals surface area contributed by atoms with Crippen LogP contribution in [0.2, 0.25) is 0 Å². The molecule has 0 heterocycles. The molecule has 0 aromatic heterocycles. The van der Waals surface area contributed by atoms with Crippen LogP contribution in [0.15, 0.2) is 11.6 Å². The van der Waals surface area contributed by atoms with Gasteiger partial charge >= 0.3 is 36.6 Å². The van der Waals surface area contributed by atoms with Crippen LogP contribution in [-0.2, 0) is 19.1 Å². The van der Waals surface area contributed by atoms with Gasteiger partial charge in [0, 0.05) is 11.6 Å². The van der Waals surface area contributed by atoms with E-state index in [1.54, 1.807) is 0 Å². The minimum absolute atomic E-state index is 0.415. The molecule has 0 N–H and O–H groups in total. The van der Waals surface area contributed by atoms with E-state index in [0.29, 0.717) is 0 Å². The first-order valence-corrected chi connectivity index (χ1v) is 6.98. The topological polar surface area (TPSA) is 52.6 Å². The minimum atomic E-state index is -6.14. The summed E-state index contributed by atoms with van der Waals surface area (Å²) in [6.45, 7) is 1.75. The van der Waals surface area contributed by atoms with Gasteiger partial charge in [-0.1, -0.05) is 13.8 Å². The molecule has 0 spiro atoms.